The van der Waals surface area contributed by atoms with Crippen LogP contribution < -0.4 is 20.3 Å². The highest BCUT2D eigenvalue weighted by Crippen LogP contribution is 2.22. The monoisotopic (exact) mass is 402 g/mol. The highest BCUT2D eigenvalue weighted by Gasteiger charge is 2.21. The first kappa shape index (κ1) is 21.3. The smallest absolute Gasteiger partial charge is 0.315 e. The number of likely N-dealkylation sites (tertiary alicyclic amines) is 1. The van der Waals surface area contributed by atoms with Crippen LogP contribution in [0, 0.1) is 0 Å². The van der Waals surface area contributed by atoms with E-state index in [1.165, 1.54) is 18.5 Å². The summed E-state index contributed by atoms with van der Waals surface area (Å²) in [5, 5.41) is 5.90. The molecule has 160 valence electrons. The number of hydrogen-bond acceptors (Lipinski definition) is 4. The minimum atomic E-state index is -0.170. The van der Waals surface area contributed by atoms with Gasteiger partial charge in [0.2, 0.25) is 5.91 Å². The summed E-state index contributed by atoms with van der Waals surface area (Å²) in [6.07, 6.45) is 6.80. The predicted octanol–water partition coefficient (Wildman–Crippen LogP) is 2.76. The van der Waals surface area contributed by atoms with Gasteiger partial charge in [-0.05, 0) is 49.9 Å². The van der Waals surface area contributed by atoms with Gasteiger partial charge < -0.3 is 25.2 Å². The van der Waals surface area contributed by atoms with E-state index in [9.17, 15) is 9.59 Å². The molecule has 1 aromatic carbocycles. The van der Waals surface area contributed by atoms with Gasteiger partial charge >= 0.3 is 6.03 Å². The van der Waals surface area contributed by atoms with Gasteiger partial charge in [0.1, 0.15) is 5.75 Å². The molecule has 0 bridgehead atoms. The summed E-state index contributed by atoms with van der Waals surface area (Å²) in [5.74, 6) is 1.01. The molecule has 0 saturated carbocycles. The van der Waals surface area contributed by atoms with E-state index in [0.29, 0.717) is 13.0 Å². The van der Waals surface area contributed by atoms with E-state index in [-0.39, 0.29) is 18.0 Å². The molecule has 0 aliphatic carbocycles. The maximum atomic E-state index is 12.3. The SMILES string of the molecule is COc1ccc(N2CCC(NC(=O)NCCC(=O)N3CCCCCC3)CC2)cc1. The van der Waals surface area contributed by atoms with Crippen molar-refractivity contribution in [2.24, 2.45) is 0 Å². The first-order chi connectivity index (χ1) is 14.2. The molecule has 7 heteroatoms. The number of rotatable bonds is 6. The number of nitrogens with zero attached hydrogens (tertiary/aromatic N) is 2. The van der Waals surface area contributed by atoms with Crippen molar-refractivity contribution in [3.63, 3.8) is 0 Å². The van der Waals surface area contributed by atoms with Crippen molar-refractivity contribution in [1.82, 2.24) is 15.5 Å². The van der Waals surface area contributed by atoms with Gasteiger partial charge in [-0.3, -0.25) is 4.79 Å². The van der Waals surface area contributed by atoms with Crippen LogP contribution in [0.15, 0.2) is 24.3 Å². The van der Waals surface area contributed by atoms with Crippen LogP contribution in [0.25, 0.3) is 0 Å². The van der Waals surface area contributed by atoms with Crippen LogP contribution in [0.4, 0.5) is 10.5 Å². The fraction of sp³-hybridized carbons (Fsp3) is 0.636. The van der Waals surface area contributed by atoms with Gasteiger partial charge in [-0.1, -0.05) is 12.8 Å². The Bertz CT molecular complexity index is 649. The summed E-state index contributed by atoms with van der Waals surface area (Å²) in [5.41, 5.74) is 1.18. The molecule has 3 rings (SSSR count). The number of urea groups is 1. The molecule has 2 aliphatic rings. The second kappa shape index (κ2) is 10.9. The summed E-state index contributed by atoms with van der Waals surface area (Å²) in [6.45, 7) is 3.93. The van der Waals surface area contributed by atoms with Gasteiger partial charge in [-0.15, -0.1) is 0 Å². The van der Waals surface area contributed by atoms with E-state index >= 15 is 0 Å². The molecule has 0 unspecified atom stereocenters. The highest BCUT2D eigenvalue weighted by atomic mass is 16.5. The van der Waals surface area contributed by atoms with Crippen molar-refractivity contribution in [2.45, 2.75) is 51.0 Å². The molecule has 2 N–H and O–H groups in total. The number of hydrogen-bond donors (Lipinski definition) is 2. The van der Waals surface area contributed by atoms with E-state index in [4.69, 9.17) is 4.74 Å². The van der Waals surface area contributed by atoms with Crippen LogP contribution in [-0.2, 0) is 4.79 Å². The second-order valence-electron chi connectivity index (χ2n) is 7.90. The number of benzene rings is 1. The van der Waals surface area contributed by atoms with Gasteiger partial charge in [-0.2, -0.15) is 0 Å². The zero-order chi connectivity index (χ0) is 20.5. The van der Waals surface area contributed by atoms with E-state index in [1.807, 2.05) is 17.0 Å². The molecular formula is C22H34N4O3. The normalized spacial score (nSPS) is 18.1. The third-order valence-electron chi connectivity index (χ3n) is 5.85. The van der Waals surface area contributed by atoms with E-state index < -0.39 is 0 Å². The molecule has 1 aromatic rings. The lowest BCUT2D eigenvalue weighted by Gasteiger charge is -2.34. The van der Waals surface area contributed by atoms with Crippen LogP contribution in [0.3, 0.4) is 0 Å². The van der Waals surface area contributed by atoms with E-state index in [2.05, 4.69) is 27.7 Å². The number of nitrogens with one attached hydrogen (secondary N) is 2. The Kier molecular flexibility index (Phi) is 8.02. The number of amides is 3. The van der Waals surface area contributed by atoms with Crippen LogP contribution in [0.2, 0.25) is 0 Å². The van der Waals surface area contributed by atoms with Crippen LogP contribution >= 0.6 is 0 Å². The minimum absolute atomic E-state index is 0.153. The van der Waals surface area contributed by atoms with Crippen LogP contribution in [0.1, 0.15) is 44.9 Å². The number of piperidine rings is 1. The highest BCUT2D eigenvalue weighted by molar-refractivity contribution is 5.78. The average Bonchev–Trinajstić information content (AvgIpc) is 3.04. The lowest BCUT2D eigenvalue weighted by molar-refractivity contribution is -0.131. The molecular weight excluding hydrogens is 368 g/mol. The molecule has 3 amide bonds. The predicted molar refractivity (Wildman–Crippen MR) is 114 cm³/mol. The summed E-state index contributed by atoms with van der Waals surface area (Å²) in [6, 6.07) is 8.09. The number of carbonyl (C=O) groups excluding carboxylic acids is 2. The molecule has 2 aliphatic heterocycles. The lowest BCUT2D eigenvalue weighted by Crippen LogP contribution is -2.48. The van der Waals surface area contributed by atoms with Gasteiger partial charge in [0.25, 0.3) is 0 Å². The Morgan fingerprint density at radius 1 is 1.00 bits per heavy atom. The Hall–Kier alpha value is -2.44. The lowest BCUT2D eigenvalue weighted by atomic mass is 10.0. The minimum Gasteiger partial charge on any atom is -0.497 e. The van der Waals surface area contributed by atoms with E-state index in [1.54, 1.807) is 7.11 Å². The van der Waals surface area contributed by atoms with Crippen molar-refractivity contribution in [3.05, 3.63) is 24.3 Å². The molecule has 0 spiro atoms. The maximum Gasteiger partial charge on any atom is 0.315 e. The van der Waals surface area contributed by atoms with E-state index in [0.717, 1.165) is 57.6 Å². The summed E-state index contributed by atoms with van der Waals surface area (Å²) < 4.78 is 5.21. The molecule has 2 heterocycles. The number of methoxy groups -OCH3 is 1. The van der Waals surface area contributed by atoms with Crippen molar-refractivity contribution >= 4 is 17.6 Å². The average molecular weight is 403 g/mol. The molecule has 2 saturated heterocycles. The maximum absolute atomic E-state index is 12.3. The Morgan fingerprint density at radius 2 is 1.66 bits per heavy atom. The third-order valence-corrected chi connectivity index (χ3v) is 5.85. The van der Waals surface area contributed by atoms with Crippen LogP contribution in [0.5, 0.6) is 5.75 Å². The number of anilines is 1. The fourth-order valence-corrected chi connectivity index (χ4v) is 4.07. The second-order valence-corrected chi connectivity index (χ2v) is 7.90. The topological polar surface area (TPSA) is 73.9 Å². The third kappa shape index (κ3) is 6.54. The quantitative estimate of drug-likeness (QED) is 0.767. The number of ether oxygens (including phenoxy) is 1. The van der Waals surface area contributed by atoms with Crippen molar-refractivity contribution < 1.29 is 14.3 Å². The Labute approximate surface area is 173 Å². The molecule has 0 radical (unpaired) electrons. The first-order valence-electron chi connectivity index (χ1n) is 10.9. The molecule has 29 heavy (non-hydrogen) atoms. The molecule has 0 atom stereocenters. The molecule has 7 nitrogen and oxygen atoms in total. The Balaban J connectivity index is 1.32. The van der Waals surface area contributed by atoms with Crippen molar-refractivity contribution in [3.8, 4) is 5.75 Å². The standard InChI is InChI=1S/C22H34N4O3/c1-29-20-8-6-19(7-9-20)25-16-11-18(12-17-25)24-22(28)23-13-10-21(27)26-14-4-2-3-5-15-26/h6-9,18H,2-5,10-17H2,1H3,(H2,23,24,28). The fourth-order valence-electron chi connectivity index (χ4n) is 4.07. The van der Waals surface area contributed by atoms with Gasteiger partial charge in [-0.25, -0.2) is 4.79 Å². The summed E-state index contributed by atoms with van der Waals surface area (Å²) in [4.78, 5) is 28.7. The molecule has 2 fully saturated rings. The van der Waals surface area contributed by atoms with Gasteiger partial charge in [0, 0.05) is 50.9 Å². The van der Waals surface area contributed by atoms with Crippen LogP contribution in [-0.4, -0.2) is 62.7 Å². The zero-order valence-electron chi connectivity index (χ0n) is 17.5. The van der Waals surface area contributed by atoms with Crippen molar-refractivity contribution in [1.29, 1.82) is 0 Å². The van der Waals surface area contributed by atoms with Gasteiger partial charge in [0.05, 0.1) is 7.11 Å². The molecule has 0 aromatic heterocycles. The Morgan fingerprint density at radius 3 is 2.28 bits per heavy atom. The van der Waals surface area contributed by atoms with Crippen molar-refractivity contribution in [2.75, 3.05) is 44.7 Å². The number of carbonyl (C=O) groups is 2. The zero-order valence-corrected chi connectivity index (χ0v) is 17.5. The first-order valence-corrected chi connectivity index (χ1v) is 10.9. The largest absolute Gasteiger partial charge is 0.497 e. The summed E-state index contributed by atoms with van der Waals surface area (Å²) >= 11 is 0. The summed E-state index contributed by atoms with van der Waals surface area (Å²) in [7, 11) is 1.67. The van der Waals surface area contributed by atoms with Gasteiger partial charge in [0.15, 0.2) is 0 Å².